The Kier molecular flexibility index (Phi) is 5.94. The summed E-state index contributed by atoms with van der Waals surface area (Å²) in [4.78, 5) is 2.73. The second-order valence-electron chi connectivity index (χ2n) is 6.73. The maximum atomic E-state index is 3.69. The molecule has 1 N–H and O–H groups in total. The lowest BCUT2D eigenvalue weighted by Crippen LogP contribution is -2.61. The van der Waals surface area contributed by atoms with Gasteiger partial charge < -0.3 is 5.32 Å². The van der Waals surface area contributed by atoms with E-state index in [4.69, 9.17) is 0 Å². The zero-order chi connectivity index (χ0) is 12.9. The van der Waals surface area contributed by atoms with Crippen LogP contribution in [-0.4, -0.2) is 36.1 Å². The highest BCUT2D eigenvalue weighted by atomic mass is 15.2. The van der Waals surface area contributed by atoms with Gasteiger partial charge >= 0.3 is 0 Å². The van der Waals surface area contributed by atoms with Crippen LogP contribution in [0.15, 0.2) is 0 Å². The second-order valence-corrected chi connectivity index (χ2v) is 6.73. The van der Waals surface area contributed by atoms with E-state index in [1.807, 2.05) is 0 Å². The van der Waals surface area contributed by atoms with Gasteiger partial charge in [0.25, 0.3) is 0 Å². The molecule has 0 radical (unpaired) electrons. The van der Waals surface area contributed by atoms with Crippen LogP contribution in [-0.2, 0) is 0 Å². The SMILES string of the molecule is CCCCCN1CC(C)(C)NCC1CC(C)C. The predicted octanol–water partition coefficient (Wildman–Crippen LogP) is 3.28. The van der Waals surface area contributed by atoms with Crippen molar-refractivity contribution in [1.82, 2.24) is 10.2 Å². The Bertz CT molecular complexity index is 211. The third-order valence-corrected chi connectivity index (χ3v) is 3.72. The highest BCUT2D eigenvalue weighted by molar-refractivity contribution is 4.92. The Balaban J connectivity index is 2.49. The lowest BCUT2D eigenvalue weighted by molar-refractivity contribution is 0.0811. The van der Waals surface area contributed by atoms with Crippen molar-refractivity contribution in [3.05, 3.63) is 0 Å². The molecule has 0 bridgehead atoms. The Morgan fingerprint density at radius 1 is 1.29 bits per heavy atom. The fourth-order valence-corrected chi connectivity index (χ4v) is 2.82. The fourth-order valence-electron chi connectivity index (χ4n) is 2.82. The molecular formula is C15H32N2. The molecule has 1 unspecified atom stereocenters. The van der Waals surface area contributed by atoms with Crippen LogP contribution in [0.2, 0.25) is 0 Å². The lowest BCUT2D eigenvalue weighted by atomic mass is 9.93. The number of hydrogen-bond donors (Lipinski definition) is 1. The normalized spacial score (nSPS) is 25.4. The van der Waals surface area contributed by atoms with E-state index in [2.05, 4.69) is 44.8 Å². The predicted molar refractivity (Wildman–Crippen MR) is 76.4 cm³/mol. The van der Waals surface area contributed by atoms with Gasteiger partial charge in [-0.25, -0.2) is 0 Å². The van der Waals surface area contributed by atoms with Gasteiger partial charge in [-0.05, 0) is 39.2 Å². The molecule has 2 heteroatoms. The van der Waals surface area contributed by atoms with Crippen LogP contribution in [0, 0.1) is 5.92 Å². The van der Waals surface area contributed by atoms with Crippen molar-refractivity contribution < 1.29 is 0 Å². The number of rotatable bonds is 6. The Hall–Kier alpha value is -0.0800. The highest BCUT2D eigenvalue weighted by Gasteiger charge is 2.32. The van der Waals surface area contributed by atoms with Crippen molar-refractivity contribution in [3.8, 4) is 0 Å². The zero-order valence-electron chi connectivity index (χ0n) is 12.6. The van der Waals surface area contributed by atoms with E-state index < -0.39 is 0 Å². The minimum atomic E-state index is 0.291. The summed E-state index contributed by atoms with van der Waals surface area (Å²) in [6.45, 7) is 15.3. The molecule has 1 saturated heterocycles. The maximum Gasteiger partial charge on any atom is 0.0252 e. The molecule has 1 fully saturated rings. The molecule has 0 aromatic rings. The van der Waals surface area contributed by atoms with Crippen LogP contribution >= 0.6 is 0 Å². The van der Waals surface area contributed by atoms with Crippen molar-refractivity contribution in [2.75, 3.05) is 19.6 Å². The second kappa shape index (κ2) is 6.75. The van der Waals surface area contributed by atoms with Gasteiger partial charge in [0.2, 0.25) is 0 Å². The van der Waals surface area contributed by atoms with Gasteiger partial charge in [0.15, 0.2) is 0 Å². The average Bonchev–Trinajstić information content (AvgIpc) is 2.21. The summed E-state index contributed by atoms with van der Waals surface area (Å²) < 4.78 is 0. The first kappa shape index (κ1) is 15.0. The molecule has 1 atom stereocenters. The first-order chi connectivity index (χ1) is 7.94. The van der Waals surface area contributed by atoms with Crippen LogP contribution in [0.3, 0.4) is 0 Å². The molecule has 0 aliphatic carbocycles. The molecule has 1 aliphatic rings. The van der Waals surface area contributed by atoms with Crippen LogP contribution in [0.25, 0.3) is 0 Å². The standard InChI is InChI=1S/C15H32N2/c1-6-7-8-9-17-12-15(4,5)16-11-14(17)10-13(2)3/h13-14,16H,6-12H2,1-5H3. The summed E-state index contributed by atoms with van der Waals surface area (Å²) in [5, 5.41) is 3.69. The van der Waals surface area contributed by atoms with Crippen LogP contribution in [0.4, 0.5) is 0 Å². The zero-order valence-corrected chi connectivity index (χ0v) is 12.6. The first-order valence-corrected chi connectivity index (χ1v) is 7.43. The van der Waals surface area contributed by atoms with E-state index >= 15 is 0 Å². The third kappa shape index (κ3) is 5.39. The quantitative estimate of drug-likeness (QED) is 0.717. The van der Waals surface area contributed by atoms with Gasteiger partial charge in [0.1, 0.15) is 0 Å². The summed E-state index contributed by atoms with van der Waals surface area (Å²) in [5.41, 5.74) is 0.291. The molecule has 0 saturated carbocycles. The highest BCUT2D eigenvalue weighted by Crippen LogP contribution is 2.20. The lowest BCUT2D eigenvalue weighted by Gasteiger charge is -2.45. The summed E-state index contributed by atoms with van der Waals surface area (Å²) in [7, 11) is 0. The van der Waals surface area contributed by atoms with Gasteiger partial charge in [-0.2, -0.15) is 0 Å². The summed E-state index contributed by atoms with van der Waals surface area (Å²) in [5.74, 6) is 0.802. The number of nitrogens with one attached hydrogen (secondary N) is 1. The summed E-state index contributed by atoms with van der Waals surface area (Å²) in [6, 6.07) is 0.750. The summed E-state index contributed by atoms with van der Waals surface area (Å²) >= 11 is 0. The first-order valence-electron chi connectivity index (χ1n) is 7.43. The molecule has 17 heavy (non-hydrogen) atoms. The minimum absolute atomic E-state index is 0.291. The smallest absolute Gasteiger partial charge is 0.0252 e. The molecule has 0 aromatic carbocycles. The van der Waals surface area contributed by atoms with Crippen LogP contribution in [0.1, 0.15) is 60.3 Å². The number of hydrogen-bond acceptors (Lipinski definition) is 2. The van der Waals surface area contributed by atoms with Gasteiger partial charge in [0, 0.05) is 24.7 Å². The minimum Gasteiger partial charge on any atom is -0.309 e. The molecule has 2 nitrogen and oxygen atoms in total. The maximum absolute atomic E-state index is 3.69. The monoisotopic (exact) mass is 240 g/mol. The molecule has 102 valence electrons. The van der Waals surface area contributed by atoms with Crippen molar-refractivity contribution in [1.29, 1.82) is 0 Å². The Labute approximate surface area is 108 Å². The van der Waals surface area contributed by atoms with E-state index in [9.17, 15) is 0 Å². The number of piperazine rings is 1. The molecule has 1 rings (SSSR count). The largest absolute Gasteiger partial charge is 0.309 e. The average molecular weight is 240 g/mol. The van der Waals surface area contributed by atoms with Crippen molar-refractivity contribution in [3.63, 3.8) is 0 Å². The number of nitrogens with zero attached hydrogens (tertiary/aromatic N) is 1. The molecule has 0 spiro atoms. The topological polar surface area (TPSA) is 15.3 Å². The molecule has 1 heterocycles. The van der Waals surface area contributed by atoms with Gasteiger partial charge in [-0.3, -0.25) is 4.90 Å². The van der Waals surface area contributed by atoms with E-state index in [1.165, 1.54) is 38.8 Å². The van der Waals surface area contributed by atoms with E-state index in [1.54, 1.807) is 0 Å². The molecule has 0 amide bonds. The number of unbranched alkanes of at least 4 members (excludes halogenated alkanes) is 2. The van der Waals surface area contributed by atoms with E-state index in [0.717, 1.165) is 18.5 Å². The van der Waals surface area contributed by atoms with Crippen LogP contribution in [0.5, 0.6) is 0 Å². The van der Waals surface area contributed by atoms with Crippen molar-refractivity contribution in [2.24, 2.45) is 5.92 Å². The Morgan fingerprint density at radius 2 is 2.00 bits per heavy atom. The van der Waals surface area contributed by atoms with Gasteiger partial charge in [-0.15, -0.1) is 0 Å². The van der Waals surface area contributed by atoms with Crippen molar-refractivity contribution >= 4 is 0 Å². The molecular weight excluding hydrogens is 208 g/mol. The van der Waals surface area contributed by atoms with E-state index in [0.29, 0.717) is 5.54 Å². The van der Waals surface area contributed by atoms with Gasteiger partial charge in [-0.1, -0.05) is 33.6 Å². The third-order valence-electron chi connectivity index (χ3n) is 3.72. The van der Waals surface area contributed by atoms with Crippen molar-refractivity contribution in [2.45, 2.75) is 71.9 Å². The van der Waals surface area contributed by atoms with Crippen LogP contribution < -0.4 is 5.32 Å². The van der Waals surface area contributed by atoms with E-state index in [-0.39, 0.29) is 0 Å². The molecule has 0 aromatic heterocycles. The fraction of sp³-hybridized carbons (Fsp3) is 1.00. The Morgan fingerprint density at radius 3 is 2.59 bits per heavy atom. The molecule has 1 aliphatic heterocycles. The summed E-state index contributed by atoms with van der Waals surface area (Å²) in [6.07, 6.45) is 5.39. The van der Waals surface area contributed by atoms with Gasteiger partial charge in [0.05, 0.1) is 0 Å².